The zero-order valence-corrected chi connectivity index (χ0v) is 41.4. The fourth-order valence-corrected chi connectivity index (χ4v) is 10.6. The van der Waals surface area contributed by atoms with Crippen molar-refractivity contribution < 1.29 is 33.4 Å². The van der Waals surface area contributed by atoms with Crippen molar-refractivity contribution in [3.8, 4) is 22.5 Å². The van der Waals surface area contributed by atoms with Gasteiger partial charge in [0.1, 0.15) is 18.1 Å². The number of urea groups is 1. The van der Waals surface area contributed by atoms with Crippen LogP contribution in [0.2, 0.25) is 0 Å². The minimum absolute atomic E-state index is 0.0145. The van der Waals surface area contributed by atoms with Crippen LogP contribution in [-0.4, -0.2) is 136 Å². The zero-order chi connectivity index (χ0) is 48.5. The maximum Gasteiger partial charge on any atom is 0.324 e. The Morgan fingerprint density at radius 2 is 1.84 bits per heavy atom. The van der Waals surface area contributed by atoms with Crippen LogP contribution in [0.5, 0.6) is 0 Å². The van der Waals surface area contributed by atoms with E-state index in [0.29, 0.717) is 50.2 Å². The number of rotatable bonds is 11. The molecular weight excluding hydrogens is 871 g/mol. The van der Waals surface area contributed by atoms with Gasteiger partial charge < -0.3 is 34.1 Å². The summed E-state index contributed by atoms with van der Waals surface area (Å²) in [5.41, 5.74) is 9.26. The van der Waals surface area contributed by atoms with E-state index in [1.807, 2.05) is 32.2 Å². The van der Waals surface area contributed by atoms with Gasteiger partial charge in [0.2, 0.25) is 11.8 Å². The molecule has 360 valence electrons. The van der Waals surface area contributed by atoms with E-state index in [0.717, 1.165) is 44.7 Å². The summed E-state index contributed by atoms with van der Waals surface area (Å²) in [5.74, 6) is -1.86. The number of cyclic esters (lactones) is 1. The predicted molar refractivity (Wildman–Crippen MR) is 259 cm³/mol. The Morgan fingerprint density at radius 1 is 1.10 bits per heavy atom. The summed E-state index contributed by atoms with van der Waals surface area (Å²) in [5, 5.41) is 8.11. The number of amides is 5. The van der Waals surface area contributed by atoms with Crippen molar-refractivity contribution in [3.05, 3.63) is 70.8 Å². The lowest BCUT2D eigenvalue weighted by atomic mass is 9.84. The largest absolute Gasteiger partial charge is 0.464 e. The van der Waals surface area contributed by atoms with E-state index >= 15 is 0 Å². The van der Waals surface area contributed by atoms with Crippen molar-refractivity contribution >= 4 is 52.0 Å². The second kappa shape index (κ2) is 20.3. The standard InChI is InChI=1S/C50H67N9O7S/c1-12-42(60)55(8)32-23-33(24-32)56(9)49(64)57(10)44(29(3)4)46(61)53-38-25-41-52-39(27-67-41)31-18-19-40-35(22-31)36(45(58(40)13-2)34-16-14-20-51-43(34)30(5)65-11)26-50(6,7)28-66-48(63)37-17-15-21-59(54-37)47(38)62/h12,14,16,18-20,22,27,29-30,32-33,37-38,44,54H,1,13,15,17,21,23-26,28H2,2-11H3,(H,53,61)/t30-,32-,33-,37-,38-,44?/m0/s1. The number of carbonyl (C=O) groups excluding carboxylic acids is 5. The van der Waals surface area contributed by atoms with Gasteiger partial charge >= 0.3 is 12.0 Å². The summed E-state index contributed by atoms with van der Waals surface area (Å²) in [6.45, 7) is 16.8. The summed E-state index contributed by atoms with van der Waals surface area (Å²) in [7, 11) is 6.72. The lowest BCUT2D eigenvalue weighted by molar-refractivity contribution is -0.155. The lowest BCUT2D eigenvalue weighted by Crippen LogP contribution is -2.63. The molecule has 3 aromatic heterocycles. The molecule has 2 aliphatic heterocycles. The number of aromatic nitrogens is 3. The van der Waals surface area contributed by atoms with Gasteiger partial charge in [0.05, 0.1) is 34.8 Å². The van der Waals surface area contributed by atoms with Crippen molar-refractivity contribution in [1.29, 1.82) is 0 Å². The molecule has 1 saturated carbocycles. The number of nitrogens with one attached hydrogen (secondary N) is 2. The van der Waals surface area contributed by atoms with Gasteiger partial charge in [0.25, 0.3) is 5.91 Å². The van der Waals surface area contributed by atoms with Crippen molar-refractivity contribution in [3.63, 3.8) is 0 Å². The number of hydrogen-bond donors (Lipinski definition) is 2. The van der Waals surface area contributed by atoms with Crippen LogP contribution in [0, 0.1) is 11.3 Å². The number of ether oxygens (including phenoxy) is 2. The molecule has 17 heteroatoms. The molecule has 16 nitrogen and oxygen atoms in total. The summed E-state index contributed by atoms with van der Waals surface area (Å²) in [4.78, 5) is 83.8. The number of carbonyl (C=O) groups is 5. The molecule has 1 unspecified atom stereocenters. The van der Waals surface area contributed by atoms with Crippen molar-refractivity contribution in [2.45, 2.75) is 123 Å². The number of nitrogens with zero attached hydrogens (tertiary/aromatic N) is 7. The first-order valence-electron chi connectivity index (χ1n) is 23.4. The number of thiazole rings is 1. The van der Waals surface area contributed by atoms with Crippen molar-refractivity contribution in [1.82, 2.24) is 45.0 Å². The fraction of sp³-hybridized carbons (Fsp3) is 0.540. The maximum absolute atomic E-state index is 14.7. The van der Waals surface area contributed by atoms with Crippen LogP contribution < -0.4 is 10.7 Å². The first-order chi connectivity index (χ1) is 31.9. The van der Waals surface area contributed by atoms with Gasteiger partial charge in [-0.05, 0) is 87.8 Å². The highest BCUT2D eigenvalue weighted by Gasteiger charge is 2.42. The molecule has 6 bridgehead atoms. The Hall–Kier alpha value is -5.65. The van der Waals surface area contributed by atoms with Crippen LogP contribution in [0.25, 0.3) is 33.4 Å². The Balaban J connectivity index is 1.23. The average molecular weight is 938 g/mol. The molecule has 2 fully saturated rings. The van der Waals surface area contributed by atoms with E-state index < -0.39 is 41.3 Å². The smallest absolute Gasteiger partial charge is 0.324 e. The molecule has 5 heterocycles. The first-order valence-corrected chi connectivity index (χ1v) is 24.3. The summed E-state index contributed by atoms with van der Waals surface area (Å²) in [6.07, 6.45) is 5.67. The number of esters is 1. The quantitative estimate of drug-likeness (QED) is 0.127. The SMILES string of the molecule is C=CC(=O)N(C)[C@H]1C[C@H](N(C)C(=O)N(C)C(C(=O)N[C@H]2Cc3nc(cs3)-c3ccc4c(c3)c(c(-c3cccnc3[C@H](C)OC)n4CC)CC(C)(C)COC(=O)[C@@H]3CCCN(N3)C2=O)C(C)C)C1. The Labute approximate surface area is 398 Å². The maximum atomic E-state index is 14.7. The summed E-state index contributed by atoms with van der Waals surface area (Å²) >= 11 is 1.41. The highest BCUT2D eigenvalue weighted by molar-refractivity contribution is 7.10. The van der Waals surface area contributed by atoms with Gasteiger partial charge in [-0.1, -0.05) is 40.3 Å². The first kappa shape index (κ1) is 49.3. The lowest BCUT2D eigenvalue weighted by Gasteiger charge is -2.46. The van der Waals surface area contributed by atoms with E-state index in [4.69, 9.17) is 19.4 Å². The molecule has 0 spiro atoms. The van der Waals surface area contributed by atoms with Gasteiger partial charge in [0, 0.05) is 98.9 Å². The number of fused-ring (bicyclic) bond motifs is 6. The molecule has 1 aliphatic carbocycles. The molecule has 4 atom stereocenters. The van der Waals surface area contributed by atoms with Crippen LogP contribution >= 0.6 is 11.3 Å². The molecule has 0 radical (unpaired) electrons. The Kier molecular flexibility index (Phi) is 14.9. The minimum Gasteiger partial charge on any atom is -0.464 e. The Morgan fingerprint density at radius 3 is 2.52 bits per heavy atom. The monoisotopic (exact) mass is 937 g/mol. The average Bonchev–Trinajstić information content (AvgIpc) is 3.89. The number of methoxy groups -OCH3 is 1. The third kappa shape index (κ3) is 10.1. The fourth-order valence-electron chi connectivity index (χ4n) is 9.79. The molecule has 2 N–H and O–H groups in total. The summed E-state index contributed by atoms with van der Waals surface area (Å²) < 4.78 is 14.2. The van der Waals surface area contributed by atoms with Gasteiger partial charge in [-0.3, -0.25) is 29.2 Å². The molecule has 3 aliphatic rings. The molecule has 67 heavy (non-hydrogen) atoms. The van der Waals surface area contributed by atoms with E-state index in [9.17, 15) is 24.0 Å². The van der Waals surface area contributed by atoms with Crippen LogP contribution in [0.3, 0.4) is 0 Å². The number of pyridine rings is 1. The van der Waals surface area contributed by atoms with Crippen molar-refractivity contribution in [2.24, 2.45) is 11.3 Å². The second-order valence-corrected chi connectivity index (χ2v) is 20.3. The van der Waals surface area contributed by atoms with Crippen LogP contribution in [0.15, 0.2) is 54.6 Å². The number of hydrazine groups is 1. The van der Waals surface area contributed by atoms with Gasteiger partial charge in [0.15, 0.2) is 0 Å². The second-order valence-electron chi connectivity index (χ2n) is 19.4. The number of benzene rings is 1. The van der Waals surface area contributed by atoms with Crippen LogP contribution in [0.1, 0.15) is 89.6 Å². The van der Waals surface area contributed by atoms with E-state index in [1.54, 1.807) is 44.2 Å². The third-order valence-corrected chi connectivity index (χ3v) is 14.7. The van der Waals surface area contributed by atoms with Gasteiger partial charge in [-0.15, -0.1) is 11.3 Å². The van der Waals surface area contributed by atoms with E-state index in [1.165, 1.54) is 27.3 Å². The predicted octanol–water partition coefficient (Wildman–Crippen LogP) is 6.39. The topological polar surface area (TPSA) is 172 Å². The van der Waals surface area contributed by atoms with Gasteiger partial charge in [-0.2, -0.15) is 0 Å². The molecule has 7 rings (SSSR count). The molecule has 1 saturated heterocycles. The third-order valence-electron chi connectivity index (χ3n) is 13.8. The van der Waals surface area contributed by atoms with Crippen LogP contribution in [-0.2, 0) is 48.0 Å². The molecule has 1 aromatic carbocycles. The van der Waals surface area contributed by atoms with E-state index in [-0.39, 0.29) is 49.1 Å². The normalized spacial score (nSPS) is 21.7. The number of aryl methyl sites for hydroxylation is 1. The highest BCUT2D eigenvalue weighted by atomic mass is 32.1. The molecule has 4 aromatic rings. The number of likely N-dealkylation sites (N-methyl/N-ethyl adjacent to an activating group) is 2. The van der Waals surface area contributed by atoms with Crippen molar-refractivity contribution in [2.75, 3.05) is 41.4 Å². The molecule has 5 amide bonds. The summed E-state index contributed by atoms with van der Waals surface area (Å²) in [6, 6.07) is 7.13. The Bertz CT molecular complexity index is 2510. The number of hydrogen-bond acceptors (Lipinski definition) is 11. The van der Waals surface area contributed by atoms with Crippen LogP contribution in [0.4, 0.5) is 4.79 Å². The molecular formula is C50H67N9O7S. The highest BCUT2D eigenvalue weighted by Crippen LogP contribution is 2.42. The van der Waals surface area contributed by atoms with Gasteiger partial charge in [-0.25, -0.2) is 15.2 Å². The van der Waals surface area contributed by atoms with E-state index in [2.05, 4.69) is 66.9 Å². The zero-order valence-electron chi connectivity index (χ0n) is 40.6. The minimum atomic E-state index is -1.09.